The first-order chi connectivity index (χ1) is 14.3. The van der Waals surface area contributed by atoms with Crippen molar-refractivity contribution in [1.29, 1.82) is 0 Å². The topological polar surface area (TPSA) is 168 Å². The van der Waals surface area contributed by atoms with Crippen LogP contribution < -0.4 is 9.47 Å². The molecule has 2 aliphatic rings. The molecule has 2 aliphatic heterocycles. The van der Waals surface area contributed by atoms with Gasteiger partial charge in [-0.25, -0.2) is 0 Å². The van der Waals surface area contributed by atoms with Crippen LogP contribution in [0.15, 0.2) is 24.3 Å². The molecule has 0 saturated carbocycles. The van der Waals surface area contributed by atoms with Gasteiger partial charge in [0.25, 0.3) is 0 Å². The van der Waals surface area contributed by atoms with Crippen LogP contribution in [0.5, 0.6) is 11.5 Å². The van der Waals surface area contributed by atoms with E-state index < -0.39 is 68.0 Å². The molecule has 10 atom stereocenters. The molecule has 0 radical (unpaired) electrons. The van der Waals surface area contributed by atoms with Crippen LogP contribution in [0, 0.1) is 0 Å². The second kappa shape index (κ2) is 9.73. The molecule has 3 rings (SSSR count). The molecule has 1 aromatic carbocycles. The third kappa shape index (κ3) is 4.69. The minimum Gasteiger partial charge on any atom is -0.497 e. The highest BCUT2D eigenvalue weighted by Gasteiger charge is 2.50. The average Bonchev–Trinajstić information content (AvgIpc) is 2.75. The number of hydrogen-bond donors (Lipinski definition) is 6. The molecule has 6 N–H and O–H groups in total. The van der Waals surface area contributed by atoms with Gasteiger partial charge in [0.1, 0.15) is 48.1 Å². The predicted octanol–water partition coefficient (Wildman–Crippen LogP) is -2.27. The lowest BCUT2D eigenvalue weighted by Gasteiger charge is -2.45. The summed E-state index contributed by atoms with van der Waals surface area (Å²) in [6, 6.07) is 6.43. The maximum absolute atomic E-state index is 10.6. The Morgan fingerprint density at radius 1 is 0.800 bits per heavy atom. The minimum absolute atomic E-state index is 0.323. The molecule has 0 spiro atoms. The molecule has 2 saturated heterocycles. The number of methoxy groups -OCH3 is 1. The number of rotatable bonds is 6. The number of benzene rings is 1. The number of aliphatic hydroxyl groups excluding tert-OH is 6. The van der Waals surface area contributed by atoms with Crippen LogP contribution in [0.1, 0.15) is 6.92 Å². The van der Waals surface area contributed by atoms with Crippen molar-refractivity contribution in [3.63, 3.8) is 0 Å². The van der Waals surface area contributed by atoms with Gasteiger partial charge in [-0.2, -0.15) is 0 Å². The zero-order valence-electron chi connectivity index (χ0n) is 16.5. The fourth-order valence-corrected chi connectivity index (χ4v) is 3.37. The number of hydrogen-bond acceptors (Lipinski definition) is 11. The summed E-state index contributed by atoms with van der Waals surface area (Å²) >= 11 is 0. The molecule has 0 aromatic heterocycles. The third-order valence-corrected chi connectivity index (χ3v) is 5.24. The van der Waals surface area contributed by atoms with Crippen molar-refractivity contribution >= 4 is 0 Å². The zero-order valence-corrected chi connectivity index (χ0v) is 16.5. The van der Waals surface area contributed by atoms with E-state index in [0.29, 0.717) is 11.5 Å². The van der Waals surface area contributed by atoms with Gasteiger partial charge in [-0.15, -0.1) is 0 Å². The Hall–Kier alpha value is -1.54. The molecule has 30 heavy (non-hydrogen) atoms. The summed E-state index contributed by atoms with van der Waals surface area (Å²) in [5, 5.41) is 60.2. The Morgan fingerprint density at radius 2 is 1.43 bits per heavy atom. The first-order valence-electron chi connectivity index (χ1n) is 9.55. The van der Waals surface area contributed by atoms with Crippen molar-refractivity contribution in [3.05, 3.63) is 24.3 Å². The Labute approximate surface area is 172 Å². The molecule has 0 amide bonds. The molecule has 2 heterocycles. The van der Waals surface area contributed by atoms with Crippen molar-refractivity contribution in [2.45, 2.75) is 68.3 Å². The maximum Gasteiger partial charge on any atom is 0.229 e. The fraction of sp³-hybridized carbons (Fsp3) is 0.684. The number of ether oxygens (including phenoxy) is 5. The van der Waals surface area contributed by atoms with Gasteiger partial charge >= 0.3 is 0 Å². The predicted molar refractivity (Wildman–Crippen MR) is 98.6 cm³/mol. The van der Waals surface area contributed by atoms with Gasteiger partial charge in [0.05, 0.1) is 19.8 Å². The van der Waals surface area contributed by atoms with Crippen molar-refractivity contribution < 1.29 is 54.3 Å². The van der Waals surface area contributed by atoms with Gasteiger partial charge in [0.2, 0.25) is 6.29 Å². The molecule has 0 aliphatic carbocycles. The molecule has 11 nitrogen and oxygen atoms in total. The van der Waals surface area contributed by atoms with Gasteiger partial charge in [-0.1, -0.05) is 0 Å². The Bertz CT molecular complexity index is 671. The van der Waals surface area contributed by atoms with Gasteiger partial charge < -0.3 is 54.3 Å². The van der Waals surface area contributed by atoms with Crippen LogP contribution in [-0.2, 0) is 14.2 Å². The van der Waals surface area contributed by atoms with E-state index in [-0.39, 0.29) is 0 Å². The lowest BCUT2D eigenvalue weighted by Crippen LogP contribution is -2.64. The minimum atomic E-state index is -1.63. The number of aliphatic hydroxyl groups is 6. The van der Waals surface area contributed by atoms with Crippen LogP contribution >= 0.6 is 0 Å². The molecule has 0 bridgehead atoms. The summed E-state index contributed by atoms with van der Waals surface area (Å²) < 4.78 is 27.4. The van der Waals surface area contributed by atoms with Crippen LogP contribution in [0.3, 0.4) is 0 Å². The summed E-state index contributed by atoms with van der Waals surface area (Å²) in [5.74, 6) is 0.910. The first kappa shape index (κ1) is 23.1. The SMILES string of the molecule is COc1ccc(O[C@H]2O[C@H](CO)[C@@H](O)[C@H](O)[C@@H]2O[C@@H]2O[C@@H](C)[C@@H](O)[C@@H](O)[C@@H]2O)cc1. The quantitative estimate of drug-likeness (QED) is 0.287. The monoisotopic (exact) mass is 432 g/mol. The van der Waals surface area contributed by atoms with E-state index in [4.69, 9.17) is 23.7 Å². The average molecular weight is 432 g/mol. The van der Waals surface area contributed by atoms with E-state index in [0.717, 1.165) is 0 Å². The van der Waals surface area contributed by atoms with Gasteiger partial charge in [-0.05, 0) is 31.2 Å². The molecule has 0 unspecified atom stereocenters. The third-order valence-electron chi connectivity index (χ3n) is 5.24. The Morgan fingerprint density at radius 3 is 2.03 bits per heavy atom. The summed E-state index contributed by atoms with van der Waals surface area (Å²) in [5.41, 5.74) is 0. The smallest absolute Gasteiger partial charge is 0.229 e. The van der Waals surface area contributed by atoms with Gasteiger partial charge in [0.15, 0.2) is 12.4 Å². The van der Waals surface area contributed by atoms with E-state index in [1.54, 1.807) is 24.3 Å². The second-order valence-corrected chi connectivity index (χ2v) is 7.28. The van der Waals surface area contributed by atoms with E-state index in [9.17, 15) is 30.6 Å². The first-order valence-corrected chi connectivity index (χ1v) is 9.55. The zero-order chi connectivity index (χ0) is 22.0. The highest BCUT2D eigenvalue weighted by atomic mass is 16.8. The molecule has 1 aromatic rings. The van der Waals surface area contributed by atoms with Crippen molar-refractivity contribution in [2.75, 3.05) is 13.7 Å². The Kier molecular flexibility index (Phi) is 7.50. The highest BCUT2D eigenvalue weighted by Crippen LogP contribution is 2.30. The summed E-state index contributed by atoms with van der Waals surface area (Å²) in [7, 11) is 1.51. The van der Waals surface area contributed by atoms with Crippen LogP contribution in [0.25, 0.3) is 0 Å². The largest absolute Gasteiger partial charge is 0.497 e. The van der Waals surface area contributed by atoms with Crippen LogP contribution in [-0.4, -0.2) is 106 Å². The van der Waals surface area contributed by atoms with Gasteiger partial charge in [0, 0.05) is 0 Å². The molecular formula is C19H28O11. The maximum atomic E-state index is 10.6. The highest BCUT2D eigenvalue weighted by molar-refractivity contribution is 5.31. The lowest BCUT2D eigenvalue weighted by atomic mass is 9.97. The van der Waals surface area contributed by atoms with Crippen LogP contribution in [0.4, 0.5) is 0 Å². The van der Waals surface area contributed by atoms with Crippen molar-refractivity contribution in [2.24, 2.45) is 0 Å². The molecule has 2 fully saturated rings. The lowest BCUT2D eigenvalue weighted by molar-refractivity contribution is -0.354. The summed E-state index contributed by atoms with van der Waals surface area (Å²) in [4.78, 5) is 0. The van der Waals surface area contributed by atoms with Crippen LogP contribution in [0.2, 0.25) is 0 Å². The van der Waals surface area contributed by atoms with E-state index in [2.05, 4.69) is 0 Å². The summed E-state index contributed by atoms with van der Waals surface area (Å²) in [6.45, 7) is 0.893. The molecular weight excluding hydrogens is 404 g/mol. The van der Waals surface area contributed by atoms with E-state index in [1.165, 1.54) is 14.0 Å². The molecule has 170 valence electrons. The second-order valence-electron chi connectivity index (χ2n) is 7.28. The fourth-order valence-electron chi connectivity index (χ4n) is 3.37. The van der Waals surface area contributed by atoms with Crippen molar-refractivity contribution in [1.82, 2.24) is 0 Å². The molecule has 11 heteroatoms. The normalized spacial score (nSPS) is 42.0. The van der Waals surface area contributed by atoms with Crippen molar-refractivity contribution in [3.8, 4) is 11.5 Å². The standard InChI is InChI=1S/C19H28O11/c1-8-12(21)14(23)16(25)18(27-8)30-17-15(24)13(22)11(7-20)29-19(17)28-10-5-3-9(26-2)4-6-10/h3-6,8,11-25H,7H2,1-2H3/t8-,11+,12+,13+,14+,15-,16-,17-,18-,19-/m0/s1. The van der Waals surface area contributed by atoms with E-state index in [1.807, 2.05) is 0 Å². The van der Waals surface area contributed by atoms with Gasteiger partial charge in [-0.3, -0.25) is 0 Å². The van der Waals surface area contributed by atoms with E-state index >= 15 is 0 Å². The summed E-state index contributed by atoms with van der Waals surface area (Å²) in [6.07, 6.45) is -13.7. The Balaban J connectivity index is 1.80.